The molecule has 0 bridgehead atoms. The van der Waals surface area contributed by atoms with Gasteiger partial charge in [-0.15, -0.1) is 0 Å². The molecule has 1 amide bonds. The minimum absolute atomic E-state index is 0.157. The minimum atomic E-state index is -0.693. The zero-order valence-electron chi connectivity index (χ0n) is 15.1. The molecule has 144 valence electrons. The maximum absolute atomic E-state index is 14.0. The Hall–Kier alpha value is -3.29. The molecule has 1 aliphatic heterocycles. The van der Waals surface area contributed by atoms with Crippen LogP contribution < -0.4 is 4.74 Å². The molecule has 1 atom stereocenters. The summed E-state index contributed by atoms with van der Waals surface area (Å²) < 4.78 is 38.6. The van der Waals surface area contributed by atoms with Gasteiger partial charge in [0, 0.05) is 17.5 Å². The van der Waals surface area contributed by atoms with Gasteiger partial charge in [0.25, 0.3) is 0 Å². The van der Waals surface area contributed by atoms with Gasteiger partial charge in [-0.05, 0) is 30.7 Å². The van der Waals surface area contributed by atoms with E-state index in [1.807, 2.05) is 6.07 Å². The van der Waals surface area contributed by atoms with Gasteiger partial charge in [0.05, 0.1) is 13.7 Å². The van der Waals surface area contributed by atoms with Crippen molar-refractivity contribution in [2.75, 3.05) is 7.11 Å². The van der Waals surface area contributed by atoms with Crippen LogP contribution in [0.5, 0.6) is 5.75 Å². The number of amides is 1. The third-order valence-corrected chi connectivity index (χ3v) is 4.77. The second-order valence-corrected chi connectivity index (χ2v) is 6.46. The van der Waals surface area contributed by atoms with Crippen molar-refractivity contribution in [3.63, 3.8) is 0 Å². The number of nitrogens with zero attached hydrogens (tertiary/aromatic N) is 3. The number of hydrogen-bond donors (Lipinski definition) is 0. The van der Waals surface area contributed by atoms with Gasteiger partial charge in [0.1, 0.15) is 23.4 Å². The zero-order valence-corrected chi connectivity index (χ0v) is 15.1. The third-order valence-electron chi connectivity index (χ3n) is 4.77. The quantitative estimate of drug-likeness (QED) is 0.667. The van der Waals surface area contributed by atoms with Crippen LogP contribution in [0.2, 0.25) is 0 Å². The second kappa shape index (κ2) is 7.38. The SMILES string of the molecule is COc1cccc(-c2noc(C3CCC(=O)N3Cc3c(F)cccc3F)n2)c1. The standard InChI is InChI=1S/C20H17F2N3O3/c1-27-13-5-2-4-12(10-13)19-23-20(28-24-19)17-8-9-18(26)25(17)11-14-15(21)6-3-7-16(14)22/h2-7,10,17H,8-9,11H2,1H3. The first kappa shape index (κ1) is 18.1. The maximum atomic E-state index is 14.0. The van der Waals surface area contributed by atoms with E-state index in [-0.39, 0.29) is 30.3 Å². The number of hydrogen-bond acceptors (Lipinski definition) is 5. The van der Waals surface area contributed by atoms with Crippen molar-refractivity contribution in [1.82, 2.24) is 15.0 Å². The molecule has 8 heteroatoms. The lowest BCUT2D eigenvalue weighted by Gasteiger charge is -2.22. The molecule has 2 aromatic carbocycles. The number of halogens is 2. The van der Waals surface area contributed by atoms with Crippen LogP contribution in [-0.2, 0) is 11.3 Å². The molecule has 6 nitrogen and oxygen atoms in total. The Morgan fingerprint density at radius 1 is 1.21 bits per heavy atom. The molecule has 2 heterocycles. The largest absolute Gasteiger partial charge is 0.497 e. The molecule has 0 radical (unpaired) electrons. The van der Waals surface area contributed by atoms with Crippen molar-refractivity contribution >= 4 is 5.91 Å². The van der Waals surface area contributed by atoms with Crippen molar-refractivity contribution in [3.05, 3.63) is 65.6 Å². The van der Waals surface area contributed by atoms with Gasteiger partial charge < -0.3 is 14.2 Å². The highest BCUT2D eigenvalue weighted by molar-refractivity contribution is 5.78. The van der Waals surface area contributed by atoms with Crippen molar-refractivity contribution in [2.45, 2.75) is 25.4 Å². The van der Waals surface area contributed by atoms with E-state index in [0.717, 1.165) is 0 Å². The smallest absolute Gasteiger partial charge is 0.249 e. The average Bonchev–Trinajstić information content (AvgIpc) is 3.32. The number of aromatic nitrogens is 2. The van der Waals surface area contributed by atoms with E-state index in [1.54, 1.807) is 25.3 Å². The topological polar surface area (TPSA) is 68.5 Å². The average molecular weight is 385 g/mol. The highest BCUT2D eigenvalue weighted by Gasteiger charge is 2.37. The Morgan fingerprint density at radius 2 is 1.96 bits per heavy atom. The summed E-state index contributed by atoms with van der Waals surface area (Å²) in [5.41, 5.74) is 0.542. The van der Waals surface area contributed by atoms with Gasteiger partial charge in [-0.3, -0.25) is 4.79 Å². The summed E-state index contributed by atoms with van der Waals surface area (Å²) >= 11 is 0. The number of carbonyl (C=O) groups is 1. The molecular formula is C20H17F2N3O3. The van der Waals surface area contributed by atoms with Crippen LogP contribution in [-0.4, -0.2) is 28.1 Å². The Morgan fingerprint density at radius 3 is 2.71 bits per heavy atom. The van der Waals surface area contributed by atoms with Crippen LogP contribution in [0, 0.1) is 11.6 Å². The van der Waals surface area contributed by atoms with Crippen molar-refractivity contribution < 1.29 is 22.8 Å². The van der Waals surface area contributed by atoms with Crippen molar-refractivity contribution in [2.24, 2.45) is 0 Å². The Labute approximate surface area is 159 Å². The molecule has 28 heavy (non-hydrogen) atoms. The highest BCUT2D eigenvalue weighted by atomic mass is 19.1. The molecule has 0 spiro atoms. The number of ether oxygens (including phenoxy) is 1. The fraction of sp³-hybridized carbons (Fsp3) is 0.250. The molecule has 3 aromatic rings. The van der Waals surface area contributed by atoms with Gasteiger partial charge >= 0.3 is 0 Å². The first-order valence-corrected chi connectivity index (χ1v) is 8.77. The van der Waals surface area contributed by atoms with E-state index in [9.17, 15) is 13.6 Å². The van der Waals surface area contributed by atoms with E-state index < -0.39 is 17.7 Å². The molecule has 1 aromatic heterocycles. The summed E-state index contributed by atoms with van der Waals surface area (Å²) in [6.45, 7) is -0.196. The Bertz CT molecular complexity index is 1000. The maximum Gasteiger partial charge on any atom is 0.249 e. The van der Waals surface area contributed by atoms with Gasteiger partial charge in [0.15, 0.2) is 0 Å². The van der Waals surface area contributed by atoms with Gasteiger partial charge in [-0.25, -0.2) is 8.78 Å². The molecule has 0 N–H and O–H groups in total. The fourth-order valence-electron chi connectivity index (χ4n) is 3.29. The van der Waals surface area contributed by atoms with Crippen LogP contribution in [0.15, 0.2) is 47.0 Å². The summed E-state index contributed by atoms with van der Waals surface area (Å²) in [6, 6.07) is 10.3. The summed E-state index contributed by atoms with van der Waals surface area (Å²) in [7, 11) is 1.56. The van der Waals surface area contributed by atoms with E-state index in [4.69, 9.17) is 9.26 Å². The molecule has 1 saturated heterocycles. The zero-order chi connectivity index (χ0) is 19.7. The number of carbonyl (C=O) groups excluding carboxylic acids is 1. The molecule has 1 aliphatic rings. The van der Waals surface area contributed by atoms with E-state index >= 15 is 0 Å². The van der Waals surface area contributed by atoms with Crippen molar-refractivity contribution in [3.8, 4) is 17.1 Å². The number of likely N-dealkylation sites (tertiary alicyclic amines) is 1. The lowest BCUT2D eigenvalue weighted by Crippen LogP contribution is -2.28. The van der Waals surface area contributed by atoms with Crippen LogP contribution >= 0.6 is 0 Å². The molecule has 4 rings (SSSR count). The van der Waals surface area contributed by atoms with Gasteiger partial charge in [-0.2, -0.15) is 4.98 Å². The van der Waals surface area contributed by atoms with Crippen molar-refractivity contribution in [1.29, 1.82) is 0 Å². The monoisotopic (exact) mass is 385 g/mol. The lowest BCUT2D eigenvalue weighted by atomic mass is 10.1. The number of methoxy groups -OCH3 is 1. The van der Waals surface area contributed by atoms with Crippen LogP contribution in [0.25, 0.3) is 11.4 Å². The molecule has 1 unspecified atom stereocenters. The van der Waals surface area contributed by atoms with E-state index in [1.165, 1.54) is 23.1 Å². The molecule has 0 aliphatic carbocycles. The van der Waals surface area contributed by atoms with Crippen LogP contribution in [0.1, 0.15) is 30.3 Å². The molecule has 1 fully saturated rings. The third kappa shape index (κ3) is 3.33. The fourth-order valence-corrected chi connectivity index (χ4v) is 3.29. The summed E-state index contributed by atoms with van der Waals surface area (Å²) in [4.78, 5) is 18.1. The second-order valence-electron chi connectivity index (χ2n) is 6.46. The Kier molecular flexibility index (Phi) is 4.77. The summed E-state index contributed by atoms with van der Waals surface area (Å²) in [5, 5.41) is 3.98. The molecule has 0 saturated carbocycles. The van der Waals surface area contributed by atoms with E-state index in [2.05, 4.69) is 10.1 Å². The van der Waals surface area contributed by atoms with Crippen LogP contribution in [0.3, 0.4) is 0 Å². The first-order chi connectivity index (χ1) is 13.6. The minimum Gasteiger partial charge on any atom is -0.497 e. The summed E-state index contributed by atoms with van der Waals surface area (Å²) in [5.74, 6) is -0.363. The normalized spacial score (nSPS) is 16.6. The highest BCUT2D eigenvalue weighted by Crippen LogP contribution is 2.35. The lowest BCUT2D eigenvalue weighted by molar-refractivity contribution is -0.130. The number of rotatable bonds is 5. The first-order valence-electron chi connectivity index (χ1n) is 8.77. The van der Waals surface area contributed by atoms with Crippen LogP contribution in [0.4, 0.5) is 8.78 Å². The molecular weight excluding hydrogens is 368 g/mol. The van der Waals surface area contributed by atoms with Gasteiger partial charge in [0.2, 0.25) is 17.6 Å². The summed E-state index contributed by atoms with van der Waals surface area (Å²) in [6.07, 6.45) is 0.687. The van der Waals surface area contributed by atoms with E-state index in [0.29, 0.717) is 23.6 Å². The predicted octanol–water partition coefficient (Wildman–Crippen LogP) is 3.89. The van der Waals surface area contributed by atoms with Gasteiger partial charge in [-0.1, -0.05) is 23.4 Å². The number of benzene rings is 2. The predicted molar refractivity (Wildman–Crippen MR) is 95.2 cm³/mol. The Balaban J connectivity index is 1.61.